The zero-order valence-electron chi connectivity index (χ0n) is 6.80. The molecular weight excluding hydrogens is 122 g/mol. The van der Waals surface area contributed by atoms with Gasteiger partial charge in [-0.1, -0.05) is 13.8 Å². The van der Waals surface area contributed by atoms with Crippen LogP contribution in [0.4, 0.5) is 0 Å². The largest absolute Gasteiger partial charge is 0.289 e. The smallest absolute Gasteiger partial charge is 0.0603 e. The standard InChI is InChI=1S/C9H15N/c1-8(2)3-4-9-5-6-10-7-9/h5-6,8H,3-4,7H2,1-2H3. The van der Waals surface area contributed by atoms with E-state index in [1.54, 1.807) is 0 Å². The minimum Gasteiger partial charge on any atom is -0.289 e. The van der Waals surface area contributed by atoms with Gasteiger partial charge in [0, 0.05) is 6.21 Å². The third kappa shape index (κ3) is 2.34. The van der Waals surface area contributed by atoms with E-state index in [4.69, 9.17) is 0 Å². The molecule has 1 rings (SSSR count). The molecule has 1 aliphatic rings. The van der Waals surface area contributed by atoms with Gasteiger partial charge in [-0.25, -0.2) is 0 Å². The third-order valence-corrected chi connectivity index (χ3v) is 1.75. The molecular formula is C9H15N. The van der Waals surface area contributed by atoms with Crippen molar-refractivity contribution in [3.05, 3.63) is 11.6 Å². The Morgan fingerprint density at radius 1 is 1.60 bits per heavy atom. The van der Waals surface area contributed by atoms with E-state index in [9.17, 15) is 0 Å². The summed E-state index contributed by atoms with van der Waals surface area (Å²) in [5.41, 5.74) is 1.49. The Balaban J connectivity index is 2.15. The minimum absolute atomic E-state index is 0.821. The highest BCUT2D eigenvalue weighted by Crippen LogP contribution is 2.13. The fraction of sp³-hybridized carbons (Fsp3) is 0.667. The van der Waals surface area contributed by atoms with Crippen molar-refractivity contribution < 1.29 is 0 Å². The van der Waals surface area contributed by atoms with E-state index in [1.165, 1.54) is 18.4 Å². The number of nitrogens with zero attached hydrogens (tertiary/aromatic N) is 1. The van der Waals surface area contributed by atoms with Crippen molar-refractivity contribution >= 4 is 6.21 Å². The summed E-state index contributed by atoms with van der Waals surface area (Å²) in [6, 6.07) is 0. The van der Waals surface area contributed by atoms with E-state index in [1.807, 2.05) is 6.21 Å². The lowest BCUT2D eigenvalue weighted by Gasteiger charge is -2.03. The lowest BCUT2D eigenvalue weighted by atomic mass is 10.0. The van der Waals surface area contributed by atoms with Crippen LogP contribution in [0.3, 0.4) is 0 Å². The van der Waals surface area contributed by atoms with Gasteiger partial charge in [-0.05, 0) is 30.4 Å². The molecule has 0 spiro atoms. The fourth-order valence-electron chi connectivity index (χ4n) is 1.02. The summed E-state index contributed by atoms with van der Waals surface area (Å²) >= 11 is 0. The summed E-state index contributed by atoms with van der Waals surface area (Å²) in [5.74, 6) is 0.821. The van der Waals surface area contributed by atoms with Crippen LogP contribution in [0.1, 0.15) is 26.7 Å². The first-order valence-corrected chi connectivity index (χ1v) is 3.97. The maximum atomic E-state index is 4.13. The molecule has 0 fully saturated rings. The minimum atomic E-state index is 0.821. The predicted octanol–water partition coefficient (Wildman–Crippen LogP) is 2.43. The zero-order valence-corrected chi connectivity index (χ0v) is 6.80. The van der Waals surface area contributed by atoms with Crippen molar-refractivity contribution in [2.45, 2.75) is 26.7 Å². The average Bonchev–Trinajstić information content (AvgIpc) is 2.34. The van der Waals surface area contributed by atoms with Gasteiger partial charge >= 0.3 is 0 Å². The van der Waals surface area contributed by atoms with E-state index in [-0.39, 0.29) is 0 Å². The molecule has 0 radical (unpaired) electrons. The van der Waals surface area contributed by atoms with Gasteiger partial charge in [0.25, 0.3) is 0 Å². The molecule has 1 heteroatoms. The molecule has 0 aromatic heterocycles. The molecule has 0 saturated carbocycles. The molecule has 0 bridgehead atoms. The SMILES string of the molecule is CC(C)CCC1=CC=NC1. The maximum absolute atomic E-state index is 4.13. The van der Waals surface area contributed by atoms with Crippen LogP contribution in [-0.4, -0.2) is 12.8 Å². The van der Waals surface area contributed by atoms with Gasteiger partial charge in [-0.3, -0.25) is 4.99 Å². The van der Waals surface area contributed by atoms with Crippen LogP contribution in [0.2, 0.25) is 0 Å². The Hall–Kier alpha value is -0.590. The Morgan fingerprint density at radius 3 is 2.90 bits per heavy atom. The van der Waals surface area contributed by atoms with Crippen LogP contribution in [0, 0.1) is 5.92 Å². The molecule has 0 amide bonds. The molecule has 1 nitrogen and oxygen atoms in total. The van der Waals surface area contributed by atoms with Crippen molar-refractivity contribution in [3.63, 3.8) is 0 Å². The van der Waals surface area contributed by atoms with Crippen molar-refractivity contribution in [1.82, 2.24) is 0 Å². The van der Waals surface area contributed by atoms with Crippen LogP contribution >= 0.6 is 0 Å². The van der Waals surface area contributed by atoms with Crippen LogP contribution in [-0.2, 0) is 0 Å². The van der Waals surface area contributed by atoms with Gasteiger partial charge in [0.05, 0.1) is 6.54 Å². The van der Waals surface area contributed by atoms with E-state index < -0.39 is 0 Å². The van der Waals surface area contributed by atoms with Crippen LogP contribution < -0.4 is 0 Å². The number of aliphatic imine (C=N–C) groups is 1. The van der Waals surface area contributed by atoms with Crippen LogP contribution in [0.5, 0.6) is 0 Å². The van der Waals surface area contributed by atoms with Gasteiger partial charge < -0.3 is 0 Å². The molecule has 0 aromatic carbocycles. The second-order valence-corrected chi connectivity index (χ2v) is 3.25. The highest BCUT2D eigenvalue weighted by atomic mass is 14.7. The summed E-state index contributed by atoms with van der Waals surface area (Å²) < 4.78 is 0. The maximum Gasteiger partial charge on any atom is 0.0603 e. The third-order valence-electron chi connectivity index (χ3n) is 1.75. The van der Waals surface area contributed by atoms with Crippen molar-refractivity contribution in [1.29, 1.82) is 0 Å². The highest BCUT2D eigenvalue weighted by Gasteiger charge is 2.00. The van der Waals surface area contributed by atoms with Crippen LogP contribution in [0.25, 0.3) is 0 Å². The molecule has 0 aromatic rings. The average molecular weight is 137 g/mol. The first kappa shape index (κ1) is 7.52. The normalized spacial score (nSPS) is 16.5. The first-order chi connectivity index (χ1) is 4.79. The number of allylic oxidation sites excluding steroid dienone is 1. The van der Waals surface area contributed by atoms with E-state index in [2.05, 4.69) is 24.9 Å². The highest BCUT2D eigenvalue weighted by molar-refractivity contribution is 5.75. The van der Waals surface area contributed by atoms with E-state index >= 15 is 0 Å². The molecule has 0 aliphatic carbocycles. The van der Waals surface area contributed by atoms with E-state index in [0.29, 0.717) is 0 Å². The number of hydrogen-bond donors (Lipinski definition) is 0. The molecule has 0 N–H and O–H groups in total. The van der Waals surface area contributed by atoms with Gasteiger partial charge in [-0.15, -0.1) is 0 Å². The number of hydrogen-bond acceptors (Lipinski definition) is 1. The molecule has 10 heavy (non-hydrogen) atoms. The van der Waals surface area contributed by atoms with Gasteiger partial charge in [0.2, 0.25) is 0 Å². The predicted molar refractivity (Wildman–Crippen MR) is 45.5 cm³/mol. The summed E-state index contributed by atoms with van der Waals surface area (Å²) in [6.07, 6.45) is 6.59. The first-order valence-electron chi connectivity index (χ1n) is 3.97. The number of rotatable bonds is 3. The van der Waals surface area contributed by atoms with Crippen LogP contribution in [0.15, 0.2) is 16.6 Å². The monoisotopic (exact) mass is 137 g/mol. The Labute approximate surface area is 62.9 Å². The van der Waals surface area contributed by atoms with Crippen molar-refractivity contribution in [2.75, 3.05) is 6.54 Å². The molecule has 1 heterocycles. The fourth-order valence-corrected chi connectivity index (χ4v) is 1.02. The molecule has 0 unspecified atom stereocenters. The quantitative estimate of drug-likeness (QED) is 0.566. The van der Waals surface area contributed by atoms with Crippen molar-refractivity contribution in [2.24, 2.45) is 10.9 Å². The van der Waals surface area contributed by atoms with Gasteiger partial charge in [-0.2, -0.15) is 0 Å². The lowest BCUT2D eigenvalue weighted by molar-refractivity contribution is 0.583. The molecule has 0 atom stereocenters. The van der Waals surface area contributed by atoms with Crippen molar-refractivity contribution in [3.8, 4) is 0 Å². The molecule has 1 aliphatic heterocycles. The van der Waals surface area contributed by atoms with Gasteiger partial charge in [0.15, 0.2) is 0 Å². The second kappa shape index (κ2) is 3.55. The summed E-state index contributed by atoms with van der Waals surface area (Å²) in [6.45, 7) is 5.47. The topological polar surface area (TPSA) is 12.4 Å². The summed E-state index contributed by atoms with van der Waals surface area (Å²) in [7, 11) is 0. The zero-order chi connectivity index (χ0) is 7.40. The Bertz CT molecular complexity index is 154. The summed E-state index contributed by atoms with van der Waals surface area (Å²) in [5, 5.41) is 0. The summed E-state index contributed by atoms with van der Waals surface area (Å²) in [4.78, 5) is 4.13. The molecule has 56 valence electrons. The lowest BCUT2D eigenvalue weighted by Crippen LogP contribution is -1.90. The second-order valence-electron chi connectivity index (χ2n) is 3.25. The van der Waals surface area contributed by atoms with E-state index in [0.717, 1.165) is 12.5 Å². The Morgan fingerprint density at radius 2 is 2.40 bits per heavy atom. The Kier molecular flexibility index (Phi) is 2.67. The van der Waals surface area contributed by atoms with Gasteiger partial charge in [0.1, 0.15) is 0 Å². The molecule has 0 saturated heterocycles.